The third kappa shape index (κ3) is 5.20. The van der Waals surface area contributed by atoms with Gasteiger partial charge in [-0.1, -0.05) is 48.3 Å². The van der Waals surface area contributed by atoms with Crippen LogP contribution in [-0.2, 0) is 4.79 Å². The molecule has 0 saturated carbocycles. The molecule has 3 aromatic rings. The van der Waals surface area contributed by atoms with Crippen molar-refractivity contribution in [3.63, 3.8) is 0 Å². The minimum atomic E-state index is -0.370. The van der Waals surface area contributed by atoms with Gasteiger partial charge in [-0.25, -0.2) is 4.98 Å². The topological polar surface area (TPSA) is 75.4 Å². The number of benzene rings is 2. The van der Waals surface area contributed by atoms with Gasteiger partial charge in [-0.15, -0.1) is 0 Å². The molecule has 3 rings (SSSR count). The summed E-state index contributed by atoms with van der Waals surface area (Å²) in [5, 5.41) is 3.50. The molecule has 156 valence electrons. The summed E-state index contributed by atoms with van der Waals surface area (Å²) in [5.74, 6) is 0.0366. The molecule has 8 heteroatoms. The van der Waals surface area contributed by atoms with Gasteiger partial charge < -0.3 is 14.6 Å². The second-order valence-electron chi connectivity index (χ2n) is 6.69. The van der Waals surface area contributed by atoms with Crippen LogP contribution < -0.4 is 5.32 Å². The largest absolute Gasteiger partial charge is 0.441 e. The lowest BCUT2D eigenvalue weighted by Crippen LogP contribution is -2.39. The third-order valence-corrected chi connectivity index (χ3v) is 4.89. The Labute approximate surface area is 184 Å². The molecule has 0 saturated heterocycles. The number of halogens is 2. The number of carbonyl (C=O) groups is 2. The van der Waals surface area contributed by atoms with E-state index in [1.165, 1.54) is 11.0 Å². The molecule has 0 unspecified atom stereocenters. The van der Waals surface area contributed by atoms with E-state index in [0.717, 1.165) is 5.56 Å². The highest BCUT2D eigenvalue weighted by Crippen LogP contribution is 2.26. The zero-order valence-electron chi connectivity index (χ0n) is 16.6. The summed E-state index contributed by atoms with van der Waals surface area (Å²) < 4.78 is 5.69. The molecule has 1 aromatic heterocycles. The van der Waals surface area contributed by atoms with Crippen LogP contribution in [0.3, 0.4) is 0 Å². The third-order valence-electron chi connectivity index (χ3n) is 4.34. The minimum absolute atomic E-state index is 0.140. The van der Waals surface area contributed by atoms with Gasteiger partial charge in [-0.2, -0.15) is 0 Å². The highest BCUT2D eigenvalue weighted by molar-refractivity contribution is 6.36. The number of hydrogen-bond donors (Lipinski definition) is 1. The van der Waals surface area contributed by atoms with Gasteiger partial charge in [0.15, 0.2) is 5.69 Å². The van der Waals surface area contributed by atoms with Crippen LogP contribution in [0.2, 0.25) is 10.0 Å². The molecule has 0 aliphatic carbocycles. The van der Waals surface area contributed by atoms with Gasteiger partial charge in [0.05, 0.1) is 10.7 Å². The van der Waals surface area contributed by atoms with E-state index in [-0.39, 0.29) is 24.1 Å². The number of aromatic nitrogens is 1. The molecular formula is C22H21Cl2N3O3. The number of anilines is 1. The van der Waals surface area contributed by atoms with E-state index >= 15 is 0 Å². The Hall–Kier alpha value is -2.83. The zero-order valence-corrected chi connectivity index (χ0v) is 18.1. The lowest BCUT2D eigenvalue weighted by atomic mass is 10.2. The molecule has 2 amide bonds. The summed E-state index contributed by atoms with van der Waals surface area (Å²) in [6.07, 6.45) is 0.684. The first-order valence-corrected chi connectivity index (χ1v) is 10.2. The standard InChI is InChI=1S/C22H21Cl2N3O3/c1-3-11-27(13-19(28)25-18-10-9-16(23)12-17(18)24)22(29)20-14(2)30-21(26-20)15-7-5-4-6-8-15/h4-10,12H,3,11,13H2,1-2H3,(H,25,28). The number of oxazole rings is 1. The van der Waals surface area contributed by atoms with Crippen molar-refractivity contribution in [3.05, 3.63) is 70.0 Å². The first kappa shape index (κ1) is 21.9. The fraction of sp³-hybridized carbons (Fsp3) is 0.227. The van der Waals surface area contributed by atoms with Crippen LogP contribution in [0.5, 0.6) is 0 Å². The first-order chi connectivity index (χ1) is 14.4. The molecule has 2 aromatic carbocycles. The quantitative estimate of drug-likeness (QED) is 0.524. The molecule has 0 spiro atoms. The van der Waals surface area contributed by atoms with Crippen LogP contribution >= 0.6 is 23.2 Å². The SMILES string of the molecule is CCCN(CC(=O)Nc1ccc(Cl)cc1Cl)C(=O)c1nc(-c2ccccc2)oc1C. The number of carbonyl (C=O) groups excluding carboxylic acids is 2. The Kier molecular flexibility index (Phi) is 7.13. The molecule has 0 radical (unpaired) electrons. The fourth-order valence-corrected chi connectivity index (χ4v) is 3.38. The van der Waals surface area contributed by atoms with Crippen LogP contribution in [0.15, 0.2) is 52.9 Å². The summed E-state index contributed by atoms with van der Waals surface area (Å²) in [4.78, 5) is 31.4. The molecule has 0 aliphatic heterocycles. The lowest BCUT2D eigenvalue weighted by molar-refractivity contribution is -0.116. The summed E-state index contributed by atoms with van der Waals surface area (Å²) in [6.45, 7) is 3.87. The molecule has 1 heterocycles. The highest BCUT2D eigenvalue weighted by atomic mass is 35.5. The number of nitrogens with one attached hydrogen (secondary N) is 1. The number of amides is 2. The van der Waals surface area contributed by atoms with Crippen LogP contribution in [0.25, 0.3) is 11.5 Å². The summed E-state index contributed by atoms with van der Waals surface area (Å²) in [5.41, 5.74) is 1.40. The Balaban J connectivity index is 1.76. The number of hydrogen-bond acceptors (Lipinski definition) is 4. The van der Waals surface area contributed by atoms with Gasteiger partial charge in [-0.05, 0) is 43.7 Å². The van der Waals surface area contributed by atoms with Crippen molar-refractivity contribution in [1.29, 1.82) is 0 Å². The van der Waals surface area contributed by atoms with E-state index in [2.05, 4.69) is 10.3 Å². The van der Waals surface area contributed by atoms with E-state index in [4.69, 9.17) is 27.6 Å². The monoisotopic (exact) mass is 445 g/mol. The second-order valence-corrected chi connectivity index (χ2v) is 7.53. The van der Waals surface area contributed by atoms with E-state index in [9.17, 15) is 9.59 Å². The van der Waals surface area contributed by atoms with Crippen molar-refractivity contribution in [2.75, 3.05) is 18.4 Å². The number of nitrogens with zero attached hydrogens (tertiary/aromatic N) is 2. The Morgan fingerprint density at radius 2 is 1.87 bits per heavy atom. The molecule has 0 bridgehead atoms. The van der Waals surface area contributed by atoms with E-state index < -0.39 is 0 Å². The lowest BCUT2D eigenvalue weighted by Gasteiger charge is -2.21. The normalized spacial score (nSPS) is 10.7. The van der Waals surface area contributed by atoms with Crippen molar-refractivity contribution < 1.29 is 14.0 Å². The molecule has 6 nitrogen and oxygen atoms in total. The van der Waals surface area contributed by atoms with Gasteiger partial charge >= 0.3 is 0 Å². The van der Waals surface area contributed by atoms with Gasteiger partial charge in [0.25, 0.3) is 5.91 Å². The number of rotatable bonds is 7. The average Bonchev–Trinajstić information content (AvgIpc) is 3.11. The summed E-state index contributed by atoms with van der Waals surface area (Å²) >= 11 is 12.0. The minimum Gasteiger partial charge on any atom is -0.441 e. The maximum absolute atomic E-state index is 13.1. The average molecular weight is 446 g/mol. The van der Waals surface area contributed by atoms with Crippen molar-refractivity contribution in [3.8, 4) is 11.5 Å². The van der Waals surface area contributed by atoms with Crippen LogP contribution in [-0.4, -0.2) is 34.8 Å². The summed E-state index contributed by atoms with van der Waals surface area (Å²) in [6, 6.07) is 14.1. The molecule has 0 fully saturated rings. The predicted molar refractivity (Wildman–Crippen MR) is 118 cm³/mol. The Morgan fingerprint density at radius 3 is 2.53 bits per heavy atom. The predicted octanol–water partition coefficient (Wildman–Crippen LogP) is 5.45. The van der Waals surface area contributed by atoms with Gasteiger partial charge in [0.1, 0.15) is 12.3 Å². The maximum atomic E-state index is 13.1. The van der Waals surface area contributed by atoms with Crippen molar-refractivity contribution in [2.45, 2.75) is 20.3 Å². The highest BCUT2D eigenvalue weighted by Gasteiger charge is 2.25. The van der Waals surface area contributed by atoms with E-state index in [1.807, 2.05) is 37.3 Å². The van der Waals surface area contributed by atoms with Crippen LogP contribution in [0, 0.1) is 6.92 Å². The smallest absolute Gasteiger partial charge is 0.276 e. The van der Waals surface area contributed by atoms with Gasteiger partial charge in [0, 0.05) is 17.1 Å². The fourth-order valence-electron chi connectivity index (χ4n) is 2.93. The second kappa shape index (κ2) is 9.78. The Morgan fingerprint density at radius 1 is 1.13 bits per heavy atom. The maximum Gasteiger partial charge on any atom is 0.276 e. The van der Waals surface area contributed by atoms with E-state index in [1.54, 1.807) is 19.1 Å². The molecule has 30 heavy (non-hydrogen) atoms. The van der Waals surface area contributed by atoms with Crippen LogP contribution in [0.4, 0.5) is 5.69 Å². The van der Waals surface area contributed by atoms with Crippen molar-refractivity contribution in [2.24, 2.45) is 0 Å². The first-order valence-electron chi connectivity index (χ1n) is 9.46. The molecule has 0 aliphatic rings. The molecule has 1 N–H and O–H groups in total. The molecule has 0 atom stereocenters. The van der Waals surface area contributed by atoms with Crippen LogP contribution in [0.1, 0.15) is 29.6 Å². The summed E-state index contributed by atoms with van der Waals surface area (Å²) in [7, 11) is 0. The molecular weight excluding hydrogens is 425 g/mol. The zero-order chi connectivity index (χ0) is 21.7. The Bertz CT molecular complexity index is 1050. The van der Waals surface area contributed by atoms with Gasteiger partial charge in [0.2, 0.25) is 11.8 Å². The number of aryl methyl sites for hydroxylation is 1. The van der Waals surface area contributed by atoms with Crippen molar-refractivity contribution in [1.82, 2.24) is 9.88 Å². The van der Waals surface area contributed by atoms with Gasteiger partial charge in [-0.3, -0.25) is 9.59 Å². The van der Waals surface area contributed by atoms with E-state index in [0.29, 0.717) is 40.3 Å². The van der Waals surface area contributed by atoms with Crippen molar-refractivity contribution >= 4 is 40.7 Å².